The minimum absolute atomic E-state index is 0.0463. The molecule has 3 aliphatic heterocycles. The van der Waals surface area contributed by atoms with E-state index >= 15 is 0 Å². The van der Waals surface area contributed by atoms with Crippen LogP contribution in [0.5, 0.6) is 0 Å². The summed E-state index contributed by atoms with van der Waals surface area (Å²) in [5.74, 6) is -2.58. The van der Waals surface area contributed by atoms with Crippen LogP contribution in [0.15, 0.2) is 22.1 Å². The quantitative estimate of drug-likeness (QED) is 0.142. The molecule has 3 heterocycles. The number of aliphatic carboxylic acids is 1. The fraction of sp³-hybridized carbons (Fsp3) is 0.450. The number of cyclic esters (lactones) is 2. The average Bonchev–Trinajstić information content (AvgIpc) is 3.52. The van der Waals surface area contributed by atoms with Crippen molar-refractivity contribution in [2.45, 2.75) is 23.3 Å². The van der Waals surface area contributed by atoms with Crippen LogP contribution in [0.4, 0.5) is 0 Å². The molecule has 0 spiro atoms. The van der Waals surface area contributed by atoms with E-state index < -0.39 is 23.2 Å². The van der Waals surface area contributed by atoms with Crippen LogP contribution in [0, 0.1) is 0 Å². The molecule has 38 heavy (non-hydrogen) atoms. The number of hydrogen-bond acceptors (Lipinski definition) is 12. The van der Waals surface area contributed by atoms with Gasteiger partial charge in [0.2, 0.25) is 17.7 Å². The van der Waals surface area contributed by atoms with Crippen molar-refractivity contribution in [3.63, 3.8) is 0 Å². The lowest BCUT2D eigenvalue weighted by atomic mass is 10.2. The normalized spacial score (nSPS) is 21.1. The number of thiocarbonyl (C=S) groups is 1. The van der Waals surface area contributed by atoms with E-state index in [1.165, 1.54) is 16.7 Å². The van der Waals surface area contributed by atoms with E-state index in [0.717, 1.165) is 23.9 Å². The maximum Gasteiger partial charge on any atom is 0.338 e. The van der Waals surface area contributed by atoms with Crippen molar-refractivity contribution in [3.05, 3.63) is 12.2 Å². The van der Waals surface area contributed by atoms with Crippen LogP contribution in [0.2, 0.25) is 0 Å². The van der Waals surface area contributed by atoms with Crippen LogP contribution in [0.25, 0.3) is 0 Å². The van der Waals surface area contributed by atoms with E-state index in [1.54, 1.807) is 35.2 Å². The highest BCUT2D eigenvalue weighted by atomic mass is 32.2. The second kappa shape index (κ2) is 17.9. The highest BCUT2D eigenvalue weighted by Crippen LogP contribution is 2.22. The first-order valence-electron chi connectivity index (χ1n) is 10.5. The second-order valence-electron chi connectivity index (χ2n) is 7.03. The number of ether oxygens (including phenoxy) is 1. The van der Waals surface area contributed by atoms with Gasteiger partial charge in [-0.3, -0.25) is 29.2 Å². The second-order valence-corrected chi connectivity index (χ2v) is 9.85. The van der Waals surface area contributed by atoms with E-state index in [0.29, 0.717) is 15.4 Å². The van der Waals surface area contributed by atoms with Crippen LogP contribution < -0.4 is 21.7 Å². The van der Waals surface area contributed by atoms with E-state index in [2.05, 4.69) is 42.9 Å². The molecule has 2 atom stereocenters. The third kappa shape index (κ3) is 14.3. The molecule has 0 saturated carbocycles. The molecule has 6 N–H and O–H groups in total. The minimum atomic E-state index is -0.972. The first kappa shape index (κ1) is 34.5. The number of thioether (sulfide) groups is 2. The van der Waals surface area contributed by atoms with Gasteiger partial charge < -0.3 is 36.4 Å². The van der Waals surface area contributed by atoms with Crippen molar-refractivity contribution in [1.29, 1.82) is 0 Å². The summed E-state index contributed by atoms with van der Waals surface area (Å²) in [5.41, 5.74) is 4.91. The molecule has 3 aliphatic rings. The van der Waals surface area contributed by atoms with Gasteiger partial charge in [0.15, 0.2) is 15.4 Å². The maximum atomic E-state index is 11.3. The fourth-order valence-corrected chi connectivity index (χ4v) is 3.95. The maximum absolute atomic E-state index is 11.3. The Morgan fingerprint density at radius 2 is 1.42 bits per heavy atom. The zero-order chi connectivity index (χ0) is 29.4. The predicted octanol–water partition coefficient (Wildman–Crippen LogP) is -1.56. The molecule has 15 nitrogen and oxygen atoms in total. The molecule has 3 amide bonds. The number of aliphatic imine (C=N–C) groups is 2. The molecule has 210 valence electrons. The monoisotopic (exact) mass is 591 g/mol. The molecule has 0 aromatic carbocycles. The molecule has 2 saturated heterocycles. The van der Waals surface area contributed by atoms with Gasteiger partial charge in [0.05, 0.1) is 6.42 Å². The molecule has 0 aromatic rings. The minimum Gasteiger partial charge on any atom is -0.481 e. The van der Waals surface area contributed by atoms with Gasteiger partial charge in [0.1, 0.15) is 10.5 Å². The van der Waals surface area contributed by atoms with Gasteiger partial charge in [-0.1, -0.05) is 23.5 Å². The average molecular weight is 592 g/mol. The zero-order valence-corrected chi connectivity index (χ0v) is 23.6. The third-order valence-electron chi connectivity index (χ3n) is 3.98. The van der Waals surface area contributed by atoms with Crippen molar-refractivity contribution in [3.8, 4) is 0 Å². The summed E-state index contributed by atoms with van der Waals surface area (Å²) < 4.78 is 3.97. The van der Waals surface area contributed by atoms with Crippen molar-refractivity contribution in [2.24, 2.45) is 15.7 Å². The number of nitrogens with two attached hydrogens (primary N) is 1. The lowest BCUT2D eigenvalue weighted by Crippen LogP contribution is -2.30. The lowest BCUT2D eigenvalue weighted by Gasteiger charge is -2.11. The Morgan fingerprint density at radius 1 is 1.03 bits per heavy atom. The number of nitrogens with one attached hydrogen (secondary N) is 3. The number of carbonyl (C=O) groups is 6. The van der Waals surface area contributed by atoms with Gasteiger partial charge >= 0.3 is 17.9 Å². The number of esters is 2. The van der Waals surface area contributed by atoms with Gasteiger partial charge in [-0.25, -0.2) is 9.59 Å². The summed E-state index contributed by atoms with van der Waals surface area (Å²) in [6.07, 6.45) is 2.24. The Kier molecular flexibility index (Phi) is 16.2. The largest absolute Gasteiger partial charge is 0.481 e. The summed E-state index contributed by atoms with van der Waals surface area (Å²) in [6, 6.07) is 0. The van der Waals surface area contributed by atoms with Crippen LogP contribution in [0.1, 0.15) is 12.8 Å². The number of carboxylic acids is 1. The molecular formula is C20H29N7O8S3. The van der Waals surface area contributed by atoms with Crippen molar-refractivity contribution >= 4 is 86.8 Å². The first-order valence-corrected chi connectivity index (χ1v) is 12.6. The highest BCUT2D eigenvalue weighted by Gasteiger charge is 2.32. The molecule has 0 aliphatic carbocycles. The smallest absolute Gasteiger partial charge is 0.338 e. The number of carbonyl (C=O) groups excluding carboxylic acids is 5. The molecule has 0 aromatic heterocycles. The van der Waals surface area contributed by atoms with Gasteiger partial charge in [-0.2, -0.15) is 0 Å². The van der Waals surface area contributed by atoms with E-state index in [9.17, 15) is 28.8 Å². The first-order chi connectivity index (χ1) is 17.7. The van der Waals surface area contributed by atoms with Crippen LogP contribution in [-0.4, -0.2) is 107 Å². The van der Waals surface area contributed by atoms with Crippen LogP contribution >= 0.6 is 35.7 Å². The van der Waals surface area contributed by atoms with E-state index in [-0.39, 0.29) is 35.8 Å². The molecular weight excluding hydrogens is 562 g/mol. The fourth-order valence-electron chi connectivity index (χ4n) is 2.10. The summed E-state index contributed by atoms with van der Waals surface area (Å²) >= 11 is 6.83. The van der Waals surface area contributed by atoms with Crippen LogP contribution in [-0.2, 0) is 33.5 Å². The number of hydrogen-bond donors (Lipinski definition) is 5. The standard InChI is InChI=1S/C8H13N3O2S.C6H8N2O3S.C4H2O3.C2H6N2S/c1-9-8-10-7(13)5(14-8)4-6(12)11(2)3;1-7-6-8-5(11)3(12-6)2-4(9)10;5-3-1-2-4(6)7-3;1-4-2(3)5/h5H,4H2,1-3H3,(H,9,10,13);3H,2H2,1H3,(H,9,10)(H,7,8,11);1-2H;1H3,(H3,3,4,5). The topological polar surface area (TPSA) is 222 Å². The summed E-state index contributed by atoms with van der Waals surface area (Å²) in [7, 11) is 8.19. The predicted molar refractivity (Wildman–Crippen MR) is 147 cm³/mol. The molecule has 3 rings (SSSR count). The summed E-state index contributed by atoms with van der Waals surface area (Å²) in [6.45, 7) is 0. The number of amides is 3. The Morgan fingerprint density at radius 3 is 1.66 bits per heavy atom. The molecule has 2 unspecified atom stereocenters. The molecule has 0 radical (unpaired) electrons. The number of carboxylic acid groups (broad SMARTS) is 1. The van der Waals surface area contributed by atoms with Crippen molar-refractivity contribution in [1.82, 2.24) is 20.9 Å². The van der Waals surface area contributed by atoms with Gasteiger partial charge in [0, 0.05) is 53.8 Å². The van der Waals surface area contributed by atoms with E-state index in [4.69, 9.17) is 10.8 Å². The molecule has 0 bridgehead atoms. The SMILES string of the molecule is CN=C1NC(=O)C(CC(=O)N(C)C)S1.CN=C1NC(=O)C(CC(=O)O)S1.CNC(N)=S.O=C1C=CC(=O)O1. The van der Waals surface area contributed by atoms with Gasteiger partial charge in [-0.15, -0.1) is 0 Å². The van der Waals surface area contributed by atoms with E-state index in [1.807, 2.05) is 0 Å². The van der Waals surface area contributed by atoms with Crippen molar-refractivity contribution in [2.75, 3.05) is 35.2 Å². The van der Waals surface area contributed by atoms with Gasteiger partial charge in [-0.05, 0) is 12.2 Å². The number of nitrogens with zero attached hydrogens (tertiary/aromatic N) is 3. The van der Waals surface area contributed by atoms with Crippen molar-refractivity contribution < 1.29 is 38.6 Å². The molecule has 18 heteroatoms. The lowest BCUT2D eigenvalue weighted by molar-refractivity contribution is -0.150. The Bertz CT molecular complexity index is 1010. The number of amidine groups is 2. The third-order valence-corrected chi connectivity index (χ3v) is 6.53. The summed E-state index contributed by atoms with van der Waals surface area (Å²) in [4.78, 5) is 72.9. The van der Waals surface area contributed by atoms with Gasteiger partial charge in [0.25, 0.3) is 0 Å². The zero-order valence-electron chi connectivity index (χ0n) is 21.2. The Labute approximate surface area is 232 Å². The Balaban J connectivity index is 0.000000515. The Hall–Kier alpha value is -3.51. The molecule has 2 fully saturated rings. The summed E-state index contributed by atoms with van der Waals surface area (Å²) in [5, 5.41) is 16.6. The number of rotatable bonds is 4. The highest BCUT2D eigenvalue weighted by molar-refractivity contribution is 8.16. The van der Waals surface area contributed by atoms with Crippen LogP contribution in [0.3, 0.4) is 0 Å².